The summed E-state index contributed by atoms with van der Waals surface area (Å²) in [5.74, 6) is -2.45. The number of carboxylic acids is 2. The number of rotatable bonds is 6. The molecule has 6 heteroatoms. The number of aliphatic carboxylic acids is 2. The van der Waals surface area contributed by atoms with Crippen LogP contribution in [-0.2, 0) is 19.4 Å². The smallest absolute Gasteiger partial charge is 0.348 e. The van der Waals surface area contributed by atoms with Crippen molar-refractivity contribution in [3.8, 4) is 0 Å². The summed E-state index contributed by atoms with van der Waals surface area (Å²) in [6.45, 7) is 1.19. The molecule has 0 saturated heterocycles. The second-order valence-electron chi connectivity index (χ2n) is 3.95. The van der Waals surface area contributed by atoms with E-state index >= 15 is 0 Å². The van der Waals surface area contributed by atoms with Crippen molar-refractivity contribution in [1.82, 2.24) is 0 Å². The molecule has 0 amide bonds. The van der Waals surface area contributed by atoms with Crippen LogP contribution in [0.1, 0.15) is 13.3 Å². The van der Waals surface area contributed by atoms with Gasteiger partial charge in [-0.1, -0.05) is 25.2 Å². The third-order valence-electron chi connectivity index (χ3n) is 2.94. The average molecular weight is 252 g/mol. The van der Waals surface area contributed by atoms with Gasteiger partial charge in [-0.05, 0) is 12.0 Å². The monoisotopic (exact) mass is 252 g/mol. The summed E-state index contributed by atoms with van der Waals surface area (Å²) in [5, 5.41) is 17.8. The lowest BCUT2D eigenvalue weighted by atomic mass is 9.93. The molecule has 0 heterocycles. The Morgan fingerprint density at radius 3 is 2.56 bits per heavy atom. The molecule has 6 nitrogen and oxygen atoms in total. The fourth-order valence-electron chi connectivity index (χ4n) is 2.14. The first-order valence-corrected chi connectivity index (χ1v) is 5.42. The van der Waals surface area contributed by atoms with Crippen molar-refractivity contribution in [3.63, 3.8) is 0 Å². The highest BCUT2D eigenvalue weighted by Gasteiger charge is 2.54. The van der Waals surface area contributed by atoms with E-state index in [-0.39, 0.29) is 0 Å². The van der Waals surface area contributed by atoms with Crippen LogP contribution in [-0.4, -0.2) is 34.4 Å². The topological polar surface area (TPSA) is 93.1 Å². The van der Waals surface area contributed by atoms with Crippen LogP contribution in [0.25, 0.3) is 0 Å². The SMILES string of the molecule is CCC1=CC2=CC=C1C2(OOCC(=O)O)C(=O)O. The highest BCUT2D eigenvalue weighted by atomic mass is 17.2. The van der Waals surface area contributed by atoms with E-state index in [1.165, 1.54) is 0 Å². The molecule has 0 aromatic heterocycles. The van der Waals surface area contributed by atoms with Gasteiger partial charge >= 0.3 is 11.9 Å². The second kappa shape index (κ2) is 4.40. The van der Waals surface area contributed by atoms with E-state index in [9.17, 15) is 14.7 Å². The lowest BCUT2D eigenvalue weighted by Crippen LogP contribution is -2.42. The van der Waals surface area contributed by atoms with Crippen LogP contribution in [0.5, 0.6) is 0 Å². The first-order valence-electron chi connectivity index (χ1n) is 5.42. The molecule has 2 N–H and O–H groups in total. The van der Waals surface area contributed by atoms with Crippen molar-refractivity contribution >= 4 is 11.9 Å². The third kappa shape index (κ3) is 1.66. The highest BCUT2D eigenvalue weighted by molar-refractivity contribution is 5.93. The minimum absolute atomic E-state index is 0.451. The fourth-order valence-corrected chi connectivity index (χ4v) is 2.14. The van der Waals surface area contributed by atoms with Crippen molar-refractivity contribution < 1.29 is 29.6 Å². The molecule has 2 bridgehead atoms. The average Bonchev–Trinajstić information content (AvgIpc) is 2.82. The van der Waals surface area contributed by atoms with Gasteiger partial charge < -0.3 is 10.2 Å². The lowest BCUT2D eigenvalue weighted by Gasteiger charge is -2.24. The number of carbonyl (C=O) groups is 2. The number of fused-ring (bicyclic) bond motifs is 2. The zero-order valence-electron chi connectivity index (χ0n) is 9.67. The van der Waals surface area contributed by atoms with Gasteiger partial charge in [0, 0.05) is 11.1 Å². The molecule has 0 radical (unpaired) electrons. The van der Waals surface area contributed by atoms with Gasteiger partial charge in [-0.15, -0.1) is 0 Å². The standard InChI is InChI=1S/C12H12O6/c1-2-7-5-8-3-4-9(7)12(8,11(15)16)18-17-6-10(13)14/h3-5H,2,6H2,1H3,(H,13,14)(H,15,16). The third-order valence-corrected chi connectivity index (χ3v) is 2.94. The first-order chi connectivity index (χ1) is 8.52. The summed E-state index contributed by atoms with van der Waals surface area (Å²) >= 11 is 0. The molecule has 1 unspecified atom stereocenters. The van der Waals surface area contributed by atoms with E-state index in [2.05, 4.69) is 4.89 Å². The zero-order chi connectivity index (χ0) is 13.3. The largest absolute Gasteiger partial charge is 0.479 e. The Hall–Kier alpha value is -1.92. The van der Waals surface area contributed by atoms with Crippen LogP contribution in [0.4, 0.5) is 0 Å². The molecule has 2 rings (SSSR count). The van der Waals surface area contributed by atoms with Gasteiger partial charge in [-0.3, -0.25) is 0 Å². The molecule has 2 aliphatic rings. The van der Waals surface area contributed by atoms with Gasteiger partial charge in [0.1, 0.15) is 0 Å². The molecule has 0 aromatic rings. The Kier molecular flexibility index (Phi) is 3.06. The van der Waals surface area contributed by atoms with Crippen molar-refractivity contribution in [2.45, 2.75) is 18.9 Å². The molecule has 0 saturated carbocycles. The van der Waals surface area contributed by atoms with Gasteiger partial charge in [0.15, 0.2) is 6.61 Å². The zero-order valence-corrected chi connectivity index (χ0v) is 9.67. The summed E-state index contributed by atoms with van der Waals surface area (Å²) in [7, 11) is 0. The predicted octanol–water partition coefficient (Wildman–Crippen LogP) is 1.06. The summed E-state index contributed by atoms with van der Waals surface area (Å²) < 4.78 is 0. The van der Waals surface area contributed by atoms with Gasteiger partial charge in [-0.25, -0.2) is 19.4 Å². The van der Waals surface area contributed by atoms with Crippen LogP contribution in [0.15, 0.2) is 34.9 Å². The number of allylic oxidation sites excluding steroid dienone is 2. The summed E-state index contributed by atoms with van der Waals surface area (Å²) in [6, 6.07) is 0. The van der Waals surface area contributed by atoms with E-state index in [0.717, 1.165) is 5.57 Å². The second-order valence-corrected chi connectivity index (χ2v) is 3.95. The fraction of sp³-hybridized carbons (Fsp3) is 0.333. The Labute approximate surface area is 103 Å². The Morgan fingerprint density at radius 2 is 2.06 bits per heavy atom. The molecule has 18 heavy (non-hydrogen) atoms. The van der Waals surface area contributed by atoms with Gasteiger partial charge in [-0.2, -0.15) is 0 Å². The lowest BCUT2D eigenvalue weighted by molar-refractivity contribution is -0.330. The van der Waals surface area contributed by atoms with E-state index in [1.54, 1.807) is 18.2 Å². The number of hydrogen-bond donors (Lipinski definition) is 2. The number of hydrogen-bond acceptors (Lipinski definition) is 4. The molecule has 0 fully saturated rings. The van der Waals surface area contributed by atoms with Gasteiger partial charge in [0.05, 0.1) is 0 Å². The predicted molar refractivity (Wildman–Crippen MR) is 59.6 cm³/mol. The van der Waals surface area contributed by atoms with Crippen LogP contribution >= 0.6 is 0 Å². The Bertz CT molecular complexity index is 499. The molecule has 96 valence electrons. The molecule has 1 atom stereocenters. The molecular formula is C12H12O6. The Morgan fingerprint density at radius 1 is 1.33 bits per heavy atom. The van der Waals surface area contributed by atoms with E-state index < -0.39 is 24.1 Å². The molecule has 2 aliphatic carbocycles. The van der Waals surface area contributed by atoms with Gasteiger partial charge in [0.2, 0.25) is 5.60 Å². The van der Waals surface area contributed by atoms with Crippen molar-refractivity contribution in [2.24, 2.45) is 0 Å². The normalized spacial score (nSPS) is 24.6. The minimum atomic E-state index is -1.71. The minimum Gasteiger partial charge on any atom is -0.479 e. The summed E-state index contributed by atoms with van der Waals surface area (Å²) in [5.41, 5.74) is 0.0970. The van der Waals surface area contributed by atoms with Crippen molar-refractivity contribution in [3.05, 3.63) is 34.9 Å². The van der Waals surface area contributed by atoms with E-state index in [0.29, 0.717) is 17.6 Å². The van der Waals surface area contributed by atoms with Crippen LogP contribution in [0.2, 0.25) is 0 Å². The maximum atomic E-state index is 11.5. The quantitative estimate of drug-likeness (QED) is 0.542. The first kappa shape index (κ1) is 12.5. The van der Waals surface area contributed by atoms with Crippen LogP contribution in [0, 0.1) is 0 Å². The molecule has 0 spiro atoms. The maximum absolute atomic E-state index is 11.5. The summed E-state index contributed by atoms with van der Waals surface area (Å²) in [4.78, 5) is 31.2. The Balaban J connectivity index is 2.22. The molecule has 0 aliphatic heterocycles. The van der Waals surface area contributed by atoms with Crippen LogP contribution in [0.3, 0.4) is 0 Å². The summed E-state index contributed by atoms with van der Waals surface area (Å²) in [6.07, 6.45) is 5.69. The van der Waals surface area contributed by atoms with Crippen molar-refractivity contribution in [1.29, 1.82) is 0 Å². The highest BCUT2D eigenvalue weighted by Crippen LogP contribution is 2.47. The van der Waals surface area contributed by atoms with E-state index in [1.807, 2.05) is 6.92 Å². The number of carboxylic acid groups (broad SMARTS) is 2. The molecule has 0 aromatic carbocycles. The maximum Gasteiger partial charge on any atom is 0.348 e. The van der Waals surface area contributed by atoms with Crippen LogP contribution < -0.4 is 0 Å². The van der Waals surface area contributed by atoms with Gasteiger partial charge in [0.25, 0.3) is 0 Å². The molecular weight excluding hydrogens is 240 g/mol. The van der Waals surface area contributed by atoms with Crippen molar-refractivity contribution in [2.75, 3.05) is 6.61 Å². The van der Waals surface area contributed by atoms with E-state index in [4.69, 9.17) is 9.99 Å².